The van der Waals surface area contributed by atoms with Crippen LogP contribution < -0.4 is 0 Å². The summed E-state index contributed by atoms with van der Waals surface area (Å²) >= 11 is 0. The lowest BCUT2D eigenvalue weighted by Crippen LogP contribution is -2.32. The maximum Gasteiger partial charge on any atom is 0.0846 e. The molecular formula is C7H16O3. The van der Waals surface area contributed by atoms with E-state index in [0.717, 1.165) is 0 Å². The van der Waals surface area contributed by atoms with Crippen molar-refractivity contribution in [2.45, 2.75) is 32.5 Å². The third-order valence-corrected chi connectivity index (χ3v) is 1.74. The van der Waals surface area contributed by atoms with E-state index in [1.807, 2.05) is 6.92 Å². The Balaban J connectivity index is 3.76. The molecule has 0 rings (SSSR count). The van der Waals surface area contributed by atoms with Crippen LogP contribution in [0.1, 0.15) is 20.3 Å². The first-order chi connectivity index (χ1) is 4.63. The highest BCUT2D eigenvalue weighted by Gasteiger charge is 2.20. The largest absolute Gasteiger partial charge is 0.396 e. The van der Waals surface area contributed by atoms with Gasteiger partial charge in [-0.2, -0.15) is 0 Å². The van der Waals surface area contributed by atoms with E-state index in [-0.39, 0.29) is 12.5 Å². The molecule has 0 bridgehead atoms. The minimum Gasteiger partial charge on any atom is -0.396 e. The molecule has 0 radical (unpaired) electrons. The lowest BCUT2D eigenvalue weighted by molar-refractivity contribution is -0.0244. The van der Waals surface area contributed by atoms with Crippen LogP contribution in [0, 0.1) is 5.92 Å². The fourth-order valence-corrected chi connectivity index (χ4v) is 0.872. The second-order valence-corrected chi connectivity index (χ2v) is 2.58. The number of hydrogen-bond donors (Lipinski definition) is 3. The van der Waals surface area contributed by atoms with Gasteiger partial charge in [-0.3, -0.25) is 0 Å². The molecule has 0 saturated heterocycles. The third kappa shape index (κ3) is 2.64. The average molecular weight is 148 g/mol. The van der Waals surface area contributed by atoms with Crippen molar-refractivity contribution in [3.63, 3.8) is 0 Å². The first-order valence-electron chi connectivity index (χ1n) is 3.60. The predicted octanol–water partition coefficient (Wildman–Crippen LogP) is -0.253. The summed E-state index contributed by atoms with van der Waals surface area (Å²) < 4.78 is 0. The average Bonchev–Trinajstić information content (AvgIpc) is 1.90. The van der Waals surface area contributed by atoms with Crippen molar-refractivity contribution in [1.82, 2.24) is 0 Å². The van der Waals surface area contributed by atoms with Crippen molar-refractivity contribution >= 4 is 0 Å². The van der Waals surface area contributed by atoms with E-state index in [9.17, 15) is 5.11 Å². The standard InChI is InChI=1S/C7H16O3/c1-3-6(4-8)7(10)5(2)9/h5-10H,3-4H2,1-2H3. The molecule has 0 aliphatic carbocycles. The van der Waals surface area contributed by atoms with Gasteiger partial charge in [0.15, 0.2) is 0 Å². The van der Waals surface area contributed by atoms with E-state index in [1.54, 1.807) is 0 Å². The van der Waals surface area contributed by atoms with Crippen LogP contribution in [0.2, 0.25) is 0 Å². The molecule has 3 nitrogen and oxygen atoms in total. The second kappa shape index (κ2) is 4.66. The van der Waals surface area contributed by atoms with Crippen LogP contribution in [-0.2, 0) is 0 Å². The lowest BCUT2D eigenvalue weighted by Gasteiger charge is -2.21. The topological polar surface area (TPSA) is 60.7 Å². The van der Waals surface area contributed by atoms with Gasteiger partial charge in [0.2, 0.25) is 0 Å². The van der Waals surface area contributed by atoms with Crippen molar-refractivity contribution in [3.05, 3.63) is 0 Å². The number of aliphatic hydroxyl groups is 3. The Morgan fingerprint density at radius 3 is 1.90 bits per heavy atom. The van der Waals surface area contributed by atoms with Gasteiger partial charge in [0.1, 0.15) is 0 Å². The molecular weight excluding hydrogens is 132 g/mol. The van der Waals surface area contributed by atoms with Gasteiger partial charge < -0.3 is 15.3 Å². The molecule has 0 heterocycles. The van der Waals surface area contributed by atoms with Gasteiger partial charge in [-0.15, -0.1) is 0 Å². The molecule has 3 atom stereocenters. The fourth-order valence-electron chi connectivity index (χ4n) is 0.872. The first kappa shape index (κ1) is 9.88. The Morgan fingerprint density at radius 2 is 1.80 bits per heavy atom. The highest BCUT2D eigenvalue weighted by molar-refractivity contribution is 4.70. The predicted molar refractivity (Wildman–Crippen MR) is 38.6 cm³/mol. The van der Waals surface area contributed by atoms with Crippen LogP contribution in [0.25, 0.3) is 0 Å². The third-order valence-electron chi connectivity index (χ3n) is 1.74. The minimum atomic E-state index is -0.796. The van der Waals surface area contributed by atoms with Crippen LogP contribution in [0.5, 0.6) is 0 Å². The van der Waals surface area contributed by atoms with Crippen molar-refractivity contribution in [2.75, 3.05) is 6.61 Å². The second-order valence-electron chi connectivity index (χ2n) is 2.58. The molecule has 3 unspecified atom stereocenters. The van der Waals surface area contributed by atoms with Crippen LogP contribution >= 0.6 is 0 Å². The molecule has 3 heteroatoms. The molecule has 0 aromatic rings. The van der Waals surface area contributed by atoms with Gasteiger partial charge in [0.25, 0.3) is 0 Å². The zero-order valence-electron chi connectivity index (χ0n) is 6.49. The summed E-state index contributed by atoms with van der Waals surface area (Å²) in [6.07, 6.45) is -0.866. The molecule has 0 amide bonds. The van der Waals surface area contributed by atoms with Crippen LogP contribution in [-0.4, -0.2) is 34.1 Å². The molecule has 0 aliphatic rings. The molecule has 0 aliphatic heterocycles. The van der Waals surface area contributed by atoms with Gasteiger partial charge >= 0.3 is 0 Å². The summed E-state index contributed by atoms with van der Waals surface area (Å²) in [7, 11) is 0. The maximum atomic E-state index is 9.18. The highest BCUT2D eigenvalue weighted by Crippen LogP contribution is 2.10. The van der Waals surface area contributed by atoms with E-state index < -0.39 is 12.2 Å². The molecule has 0 aromatic carbocycles. The summed E-state index contributed by atoms with van der Waals surface area (Å²) in [4.78, 5) is 0. The summed E-state index contributed by atoms with van der Waals surface area (Å²) in [5, 5.41) is 26.7. The van der Waals surface area contributed by atoms with Gasteiger partial charge in [0.05, 0.1) is 12.2 Å². The zero-order chi connectivity index (χ0) is 8.15. The highest BCUT2D eigenvalue weighted by atomic mass is 16.3. The van der Waals surface area contributed by atoms with E-state index in [4.69, 9.17) is 10.2 Å². The van der Waals surface area contributed by atoms with Gasteiger partial charge in [-0.1, -0.05) is 6.92 Å². The summed E-state index contributed by atoms with van der Waals surface area (Å²) in [5.41, 5.74) is 0. The van der Waals surface area contributed by atoms with Crippen molar-refractivity contribution in [3.8, 4) is 0 Å². The monoisotopic (exact) mass is 148 g/mol. The van der Waals surface area contributed by atoms with Crippen molar-refractivity contribution < 1.29 is 15.3 Å². The van der Waals surface area contributed by atoms with Crippen LogP contribution in [0.3, 0.4) is 0 Å². The SMILES string of the molecule is CCC(CO)C(O)C(C)O. The Hall–Kier alpha value is -0.120. The Morgan fingerprint density at radius 1 is 1.30 bits per heavy atom. The Kier molecular flexibility index (Phi) is 4.60. The number of hydrogen-bond acceptors (Lipinski definition) is 3. The van der Waals surface area contributed by atoms with E-state index >= 15 is 0 Å². The molecule has 10 heavy (non-hydrogen) atoms. The molecule has 62 valence electrons. The molecule has 0 spiro atoms. The van der Waals surface area contributed by atoms with E-state index in [2.05, 4.69) is 0 Å². The van der Waals surface area contributed by atoms with E-state index in [0.29, 0.717) is 6.42 Å². The smallest absolute Gasteiger partial charge is 0.0846 e. The minimum absolute atomic E-state index is 0.0669. The lowest BCUT2D eigenvalue weighted by atomic mass is 9.97. The Bertz CT molecular complexity index is 78.9. The molecule has 0 saturated carbocycles. The van der Waals surface area contributed by atoms with E-state index in [1.165, 1.54) is 6.92 Å². The number of aliphatic hydroxyl groups excluding tert-OH is 3. The molecule has 0 aromatic heterocycles. The fraction of sp³-hybridized carbons (Fsp3) is 1.00. The summed E-state index contributed by atoms with van der Waals surface area (Å²) in [5.74, 6) is -0.194. The van der Waals surface area contributed by atoms with Crippen LogP contribution in [0.4, 0.5) is 0 Å². The normalized spacial score (nSPS) is 20.1. The van der Waals surface area contributed by atoms with Gasteiger partial charge in [0, 0.05) is 12.5 Å². The summed E-state index contributed by atoms with van der Waals surface area (Å²) in [6, 6.07) is 0. The number of rotatable bonds is 4. The van der Waals surface area contributed by atoms with Gasteiger partial charge in [-0.05, 0) is 13.3 Å². The maximum absolute atomic E-state index is 9.18. The quantitative estimate of drug-likeness (QED) is 0.515. The first-order valence-corrected chi connectivity index (χ1v) is 3.60. The van der Waals surface area contributed by atoms with Crippen molar-refractivity contribution in [2.24, 2.45) is 5.92 Å². The molecule has 0 fully saturated rings. The van der Waals surface area contributed by atoms with Gasteiger partial charge in [-0.25, -0.2) is 0 Å². The molecule has 3 N–H and O–H groups in total. The zero-order valence-corrected chi connectivity index (χ0v) is 6.49. The van der Waals surface area contributed by atoms with Crippen molar-refractivity contribution in [1.29, 1.82) is 0 Å². The summed E-state index contributed by atoms with van der Waals surface area (Å²) in [6.45, 7) is 3.32. The van der Waals surface area contributed by atoms with Crippen LogP contribution in [0.15, 0.2) is 0 Å². The Labute approximate surface area is 61.3 Å².